The summed E-state index contributed by atoms with van der Waals surface area (Å²) in [5, 5.41) is 0. The summed E-state index contributed by atoms with van der Waals surface area (Å²) in [5.41, 5.74) is 0.779. The molecule has 0 atom stereocenters. The van der Waals surface area contributed by atoms with E-state index in [-0.39, 0.29) is 31.4 Å². The molecule has 136 valence electrons. The van der Waals surface area contributed by atoms with E-state index in [1.807, 2.05) is 0 Å². The number of hydrogen-bond donors (Lipinski definition) is 0. The Hall–Kier alpha value is -2.41. The fourth-order valence-corrected chi connectivity index (χ4v) is 2.72. The molecule has 0 saturated carbocycles. The standard InChI is InChI=1S/C18H24N2O5/c1-3-25-18(23)15-6-4-5-7-16(15)20(14(2)21)9-8-17(22)19-10-12-24-13-11-19/h4-7H,3,8-13H2,1-2H3. The number of benzene rings is 1. The molecule has 1 aliphatic rings. The Morgan fingerprint density at radius 1 is 1.20 bits per heavy atom. The molecule has 1 saturated heterocycles. The zero-order valence-corrected chi connectivity index (χ0v) is 14.7. The molecule has 1 aromatic rings. The third kappa shape index (κ3) is 5.03. The lowest BCUT2D eigenvalue weighted by Crippen LogP contribution is -2.42. The van der Waals surface area contributed by atoms with Crippen LogP contribution in [-0.2, 0) is 19.1 Å². The first kappa shape index (κ1) is 18.9. The van der Waals surface area contributed by atoms with Crippen molar-refractivity contribution in [3.63, 3.8) is 0 Å². The summed E-state index contributed by atoms with van der Waals surface area (Å²) in [6.45, 7) is 5.81. The zero-order valence-electron chi connectivity index (χ0n) is 14.7. The Kier molecular flexibility index (Phi) is 6.94. The summed E-state index contributed by atoms with van der Waals surface area (Å²) in [6.07, 6.45) is 0.191. The molecule has 7 heteroatoms. The highest BCUT2D eigenvalue weighted by molar-refractivity contribution is 6.02. The third-order valence-electron chi connectivity index (χ3n) is 3.98. The first-order valence-electron chi connectivity index (χ1n) is 8.44. The van der Waals surface area contributed by atoms with Crippen molar-refractivity contribution in [1.82, 2.24) is 4.90 Å². The van der Waals surface area contributed by atoms with Crippen LogP contribution in [0.3, 0.4) is 0 Å². The smallest absolute Gasteiger partial charge is 0.340 e. The maximum atomic E-state index is 12.3. The van der Waals surface area contributed by atoms with Gasteiger partial charge >= 0.3 is 5.97 Å². The Bertz CT molecular complexity index is 626. The summed E-state index contributed by atoms with van der Waals surface area (Å²) in [7, 11) is 0. The molecular formula is C18H24N2O5. The molecular weight excluding hydrogens is 324 g/mol. The van der Waals surface area contributed by atoms with E-state index < -0.39 is 5.97 Å². The summed E-state index contributed by atoms with van der Waals surface area (Å²) in [5.74, 6) is -0.737. The lowest BCUT2D eigenvalue weighted by atomic mass is 10.1. The van der Waals surface area contributed by atoms with Crippen molar-refractivity contribution in [2.75, 3.05) is 44.4 Å². The lowest BCUT2D eigenvalue weighted by molar-refractivity contribution is -0.135. The monoisotopic (exact) mass is 348 g/mol. The Morgan fingerprint density at radius 2 is 1.88 bits per heavy atom. The van der Waals surface area contributed by atoms with Crippen LogP contribution in [0.4, 0.5) is 5.69 Å². The van der Waals surface area contributed by atoms with Gasteiger partial charge in [-0.3, -0.25) is 9.59 Å². The minimum atomic E-state index is -0.483. The number of ether oxygens (including phenoxy) is 2. The van der Waals surface area contributed by atoms with Gasteiger partial charge in [-0.2, -0.15) is 0 Å². The molecule has 0 radical (unpaired) electrons. The number of esters is 1. The summed E-state index contributed by atoms with van der Waals surface area (Å²) in [4.78, 5) is 39.7. The van der Waals surface area contributed by atoms with Gasteiger partial charge in [-0.05, 0) is 19.1 Å². The van der Waals surface area contributed by atoms with E-state index in [0.29, 0.717) is 37.6 Å². The fourth-order valence-electron chi connectivity index (χ4n) is 2.72. The quantitative estimate of drug-likeness (QED) is 0.728. The molecule has 1 aliphatic heterocycles. The predicted octanol–water partition coefficient (Wildman–Crippen LogP) is 1.47. The molecule has 25 heavy (non-hydrogen) atoms. The van der Waals surface area contributed by atoms with Crippen LogP contribution in [0.2, 0.25) is 0 Å². The zero-order chi connectivity index (χ0) is 18.2. The van der Waals surface area contributed by atoms with Crippen LogP contribution in [0.25, 0.3) is 0 Å². The Morgan fingerprint density at radius 3 is 2.52 bits per heavy atom. The fraction of sp³-hybridized carbons (Fsp3) is 0.500. The number of nitrogens with zero attached hydrogens (tertiary/aromatic N) is 2. The SMILES string of the molecule is CCOC(=O)c1ccccc1N(CCC(=O)N1CCOCC1)C(C)=O. The molecule has 0 spiro atoms. The van der Waals surface area contributed by atoms with Crippen LogP contribution >= 0.6 is 0 Å². The molecule has 0 unspecified atom stereocenters. The molecule has 0 aliphatic carbocycles. The molecule has 2 amide bonds. The second kappa shape index (κ2) is 9.17. The van der Waals surface area contributed by atoms with Gasteiger partial charge in [-0.25, -0.2) is 4.79 Å². The van der Waals surface area contributed by atoms with E-state index in [9.17, 15) is 14.4 Å². The topological polar surface area (TPSA) is 76.2 Å². The summed E-state index contributed by atoms with van der Waals surface area (Å²) in [6, 6.07) is 6.77. The van der Waals surface area contributed by atoms with Gasteiger partial charge in [0.15, 0.2) is 0 Å². The second-order valence-electron chi connectivity index (χ2n) is 5.65. The average molecular weight is 348 g/mol. The van der Waals surface area contributed by atoms with Gasteiger partial charge in [0.05, 0.1) is 31.1 Å². The minimum Gasteiger partial charge on any atom is -0.462 e. The maximum absolute atomic E-state index is 12.3. The van der Waals surface area contributed by atoms with Gasteiger partial charge in [-0.1, -0.05) is 12.1 Å². The highest BCUT2D eigenvalue weighted by atomic mass is 16.5. The van der Waals surface area contributed by atoms with Crippen molar-refractivity contribution in [3.8, 4) is 0 Å². The number of rotatable bonds is 6. The Labute approximate surface area is 147 Å². The first-order valence-corrected chi connectivity index (χ1v) is 8.44. The van der Waals surface area contributed by atoms with Crippen LogP contribution in [0, 0.1) is 0 Å². The molecule has 1 heterocycles. The van der Waals surface area contributed by atoms with Gasteiger partial charge in [0.1, 0.15) is 0 Å². The maximum Gasteiger partial charge on any atom is 0.340 e. The highest BCUT2D eigenvalue weighted by Gasteiger charge is 2.22. The van der Waals surface area contributed by atoms with E-state index in [1.54, 1.807) is 36.1 Å². The van der Waals surface area contributed by atoms with E-state index in [2.05, 4.69) is 0 Å². The average Bonchev–Trinajstić information content (AvgIpc) is 2.62. The largest absolute Gasteiger partial charge is 0.462 e. The second-order valence-corrected chi connectivity index (χ2v) is 5.65. The van der Waals surface area contributed by atoms with Gasteiger partial charge in [0.2, 0.25) is 11.8 Å². The van der Waals surface area contributed by atoms with Crippen LogP contribution in [0.15, 0.2) is 24.3 Å². The van der Waals surface area contributed by atoms with Crippen molar-refractivity contribution in [2.45, 2.75) is 20.3 Å². The van der Waals surface area contributed by atoms with Crippen molar-refractivity contribution in [1.29, 1.82) is 0 Å². The summed E-state index contributed by atoms with van der Waals surface area (Å²) >= 11 is 0. The van der Waals surface area contributed by atoms with Gasteiger partial charge in [0.25, 0.3) is 0 Å². The van der Waals surface area contributed by atoms with Crippen LogP contribution in [0.5, 0.6) is 0 Å². The van der Waals surface area contributed by atoms with Gasteiger partial charge in [0, 0.05) is 33.0 Å². The van der Waals surface area contributed by atoms with Crippen LogP contribution < -0.4 is 4.90 Å². The predicted molar refractivity (Wildman–Crippen MR) is 92.4 cm³/mol. The molecule has 0 aromatic heterocycles. The van der Waals surface area contributed by atoms with E-state index in [4.69, 9.17) is 9.47 Å². The van der Waals surface area contributed by atoms with E-state index >= 15 is 0 Å². The third-order valence-corrected chi connectivity index (χ3v) is 3.98. The number of hydrogen-bond acceptors (Lipinski definition) is 5. The lowest BCUT2D eigenvalue weighted by Gasteiger charge is -2.28. The molecule has 0 N–H and O–H groups in total. The van der Waals surface area contributed by atoms with E-state index in [0.717, 1.165) is 0 Å². The van der Waals surface area contributed by atoms with Crippen molar-refractivity contribution >= 4 is 23.5 Å². The number of carbonyl (C=O) groups excluding carboxylic acids is 3. The number of morpholine rings is 1. The molecule has 1 aromatic carbocycles. The number of para-hydroxylation sites is 1. The molecule has 0 bridgehead atoms. The summed E-state index contributed by atoms with van der Waals surface area (Å²) < 4.78 is 10.3. The Balaban J connectivity index is 2.11. The van der Waals surface area contributed by atoms with Crippen molar-refractivity contribution in [2.24, 2.45) is 0 Å². The van der Waals surface area contributed by atoms with Gasteiger partial charge < -0.3 is 19.3 Å². The minimum absolute atomic E-state index is 0.0248. The molecule has 1 fully saturated rings. The normalized spacial score (nSPS) is 14.1. The molecule has 2 rings (SSSR count). The van der Waals surface area contributed by atoms with Crippen LogP contribution in [-0.4, -0.2) is 62.1 Å². The van der Waals surface area contributed by atoms with Crippen LogP contribution in [0.1, 0.15) is 30.6 Å². The first-order chi connectivity index (χ1) is 12.0. The molecule has 7 nitrogen and oxygen atoms in total. The van der Waals surface area contributed by atoms with Crippen molar-refractivity contribution < 1.29 is 23.9 Å². The van der Waals surface area contributed by atoms with Crippen molar-refractivity contribution in [3.05, 3.63) is 29.8 Å². The van der Waals surface area contributed by atoms with Gasteiger partial charge in [-0.15, -0.1) is 0 Å². The number of carbonyl (C=O) groups is 3. The number of amides is 2. The van der Waals surface area contributed by atoms with E-state index in [1.165, 1.54) is 11.8 Å². The highest BCUT2D eigenvalue weighted by Crippen LogP contribution is 2.22. The number of anilines is 1.